The fourth-order valence-electron chi connectivity index (χ4n) is 3.40. The molecule has 0 saturated heterocycles. The van der Waals surface area contributed by atoms with Crippen LogP contribution in [0.25, 0.3) is 0 Å². The first-order valence-corrected chi connectivity index (χ1v) is 9.49. The quantitative estimate of drug-likeness (QED) is 0.728. The Morgan fingerprint density at radius 3 is 2.58 bits per heavy atom. The number of hydrogen-bond donors (Lipinski definition) is 0. The van der Waals surface area contributed by atoms with Crippen molar-refractivity contribution in [1.29, 1.82) is 0 Å². The van der Waals surface area contributed by atoms with Gasteiger partial charge in [-0.2, -0.15) is 0 Å². The van der Waals surface area contributed by atoms with Crippen LogP contribution in [0.5, 0.6) is 0 Å². The van der Waals surface area contributed by atoms with Crippen LogP contribution >= 0.6 is 0 Å². The number of benzene rings is 1. The van der Waals surface area contributed by atoms with Gasteiger partial charge in [-0.1, -0.05) is 25.1 Å². The summed E-state index contributed by atoms with van der Waals surface area (Å²) in [5.74, 6) is 0.000204. The van der Waals surface area contributed by atoms with Crippen LogP contribution in [0.2, 0.25) is 0 Å². The van der Waals surface area contributed by atoms with E-state index in [2.05, 4.69) is 19.1 Å². The summed E-state index contributed by atoms with van der Waals surface area (Å²) in [6.45, 7) is 11.1. The zero-order chi connectivity index (χ0) is 19.3. The minimum Gasteiger partial charge on any atom is -0.466 e. The summed E-state index contributed by atoms with van der Waals surface area (Å²) < 4.78 is 10.6. The van der Waals surface area contributed by atoms with E-state index in [1.807, 2.05) is 33.8 Å². The Labute approximate surface area is 156 Å². The first-order valence-electron chi connectivity index (χ1n) is 9.49. The molecule has 1 aromatic rings. The number of nitrogens with zero attached hydrogens (tertiary/aromatic N) is 1. The third-order valence-corrected chi connectivity index (χ3v) is 4.60. The standard InChI is InChI=1S/C21H31NO4/c1-6-15(13-19(23)25-7-2)17-10-8-9-16-14-22(12-11-18(16)17)20(24)26-21(3,4)5/h8-10,15H,6-7,11-14H2,1-5H3/t15-/m1/s1. The van der Waals surface area contributed by atoms with Crippen LogP contribution in [0.15, 0.2) is 18.2 Å². The third kappa shape index (κ3) is 5.23. The minimum atomic E-state index is -0.494. The average molecular weight is 361 g/mol. The second-order valence-electron chi connectivity index (χ2n) is 7.75. The van der Waals surface area contributed by atoms with Crippen LogP contribution in [0.1, 0.15) is 70.1 Å². The van der Waals surface area contributed by atoms with E-state index in [0.717, 1.165) is 18.4 Å². The summed E-state index contributed by atoms with van der Waals surface area (Å²) in [6, 6.07) is 6.18. The zero-order valence-electron chi connectivity index (χ0n) is 16.6. The molecular weight excluding hydrogens is 330 g/mol. The predicted molar refractivity (Wildman–Crippen MR) is 101 cm³/mol. The van der Waals surface area contributed by atoms with Gasteiger partial charge in [-0.3, -0.25) is 4.79 Å². The van der Waals surface area contributed by atoms with Crippen LogP contribution in [0.4, 0.5) is 4.79 Å². The summed E-state index contributed by atoms with van der Waals surface area (Å²) in [5.41, 5.74) is 3.12. The lowest BCUT2D eigenvalue weighted by Gasteiger charge is -2.33. The normalized spacial score (nSPS) is 15.2. The highest BCUT2D eigenvalue weighted by atomic mass is 16.6. The first-order chi connectivity index (χ1) is 12.2. The molecule has 0 spiro atoms. The molecule has 5 nitrogen and oxygen atoms in total. The van der Waals surface area contributed by atoms with Crippen LogP contribution < -0.4 is 0 Å². The summed E-state index contributed by atoms with van der Waals surface area (Å²) in [5, 5.41) is 0. The van der Waals surface area contributed by atoms with Gasteiger partial charge in [0.2, 0.25) is 0 Å². The average Bonchev–Trinajstić information content (AvgIpc) is 2.57. The molecule has 0 radical (unpaired) electrons. The number of hydrogen-bond acceptors (Lipinski definition) is 4. The molecule has 1 aliphatic heterocycles. The minimum absolute atomic E-state index is 0.150. The summed E-state index contributed by atoms with van der Waals surface area (Å²) in [6.07, 6.45) is 1.79. The second kappa shape index (κ2) is 8.56. The Hall–Kier alpha value is -2.04. The fourth-order valence-corrected chi connectivity index (χ4v) is 3.40. The molecule has 0 bridgehead atoms. The predicted octanol–water partition coefficient (Wildman–Crippen LogP) is 4.43. The van der Waals surface area contributed by atoms with Crippen LogP contribution in [-0.2, 0) is 27.2 Å². The fraction of sp³-hybridized carbons (Fsp3) is 0.619. The second-order valence-corrected chi connectivity index (χ2v) is 7.75. The smallest absolute Gasteiger partial charge is 0.410 e. The number of carbonyl (C=O) groups is 2. The van der Waals surface area contributed by atoms with E-state index in [1.54, 1.807) is 4.90 Å². The van der Waals surface area contributed by atoms with Crippen molar-refractivity contribution in [2.45, 2.75) is 71.9 Å². The topological polar surface area (TPSA) is 55.8 Å². The lowest BCUT2D eigenvalue weighted by Crippen LogP contribution is -2.40. The van der Waals surface area contributed by atoms with Crippen molar-refractivity contribution in [2.24, 2.45) is 0 Å². The third-order valence-electron chi connectivity index (χ3n) is 4.60. The van der Waals surface area contributed by atoms with E-state index in [-0.39, 0.29) is 18.0 Å². The van der Waals surface area contributed by atoms with Gasteiger partial charge in [0.05, 0.1) is 13.0 Å². The van der Waals surface area contributed by atoms with Gasteiger partial charge in [0.25, 0.3) is 0 Å². The van der Waals surface area contributed by atoms with E-state index in [4.69, 9.17) is 9.47 Å². The van der Waals surface area contributed by atoms with Gasteiger partial charge in [0.15, 0.2) is 0 Å². The van der Waals surface area contributed by atoms with Gasteiger partial charge in [0, 0.05) is 13.1 Å². The number of rotatable bonds is 5. The van der Waals surface area contributed by atoms with Crippen molar-refractivity contribution in [3.63, 3.8) is 0 Å². The molecule has 0 aromatic heterocycles. The molecule has 0 aliphatic carbocycles. The van der Waals surface area contributed by atoms with Crippen molar-refractivity contribution in [2.75, 3.05) is 13.2 Å². The van der Waals surface area contributed by atoms with E-state index in [1.165, 1.54) is 11.1 Å². The Morgan fingerprint density at radius 1 is 1.23 bits per heavy atom. The van der Waals surface area contributed by atoms with Crippen LogP contribution in [-0.4, -0.2) is 35.7 Å². The highest BCUT2D eigenvalue weighted by Gasteiger charge is 2.28. The van der Waals surface area contributed by atoms with Gasteiger partial charge >= 0.3 is 12.1 Å². The van der Waals surface area contributed by atoms with Crippen molar-refractivity contribution in [1.82, 2.24) is 4.90 Å². The van der Waals surface area contributed by atoms with Gasteiger partial charge in [-0.25, -0.2) is 4.79 Å². The number of esters is 1. The SMILES string of the molecule is CCOC(=O)C[C@@H](CC)c1cccc2c1CCN(C(=O)OC(C)(C)C)C2. The van der Waals surface area contributed by atoms with E-state index in [9.17, 15) is 9.59 Å². The highest BCUT2D eigenvalue weighted by Crippen LogP contribution is 2.32. The van der Waals surface area contributed by atoms with Gasteiger partial charge in [-0.15, -0.1) is 0 Å². The largest absolute Gasteiger partial charge is 0.466 e. The van der Waals surface area contributed by atoms with Crippen molar-refractivity contribution in [3.8, 4) is 0 Å². The van der Waals surface area contributed by atoms with Crippen LogP contribution in [0.3, 0.4) is 0 Å². The number of carbonyl (C=O) groups excluding carboxylic acids is 2. The molecule has 26 heavy (non-hydrogen) atoms. The molecule has 1 aliphatic rings. The molecule has 0 N–H and O–H groups in total. The highest BCUT2D eigenvalue weighted by molar-refractivity contribution is 5.71. The Kier molecular flexibility index (Phi) is 6.68. The Morgan fingerprint density at radius 2 is 1.96 bits per heavy atom. The molecule has 5 heteroatoms. The van der Waals surface area contributed by atoms with Crippen molar-refractivity contribution >= 4 is 12.1 Å². The molecule has 144 valence electrons. The number of ether oxygens (including phenoxy) is 2. The number of amides is 1. The maximum Gasteiger partial charge on any atom is 0.410 e. The monoisotopic (exact) mass is 361 g/mol. The first kappa shape index (κ1) is 20.3. The van der Waals surface area contributed by atoms with Crippen LogP contribution in [0, 0.1) is 0 Å². The Balaban J connectivity index is 2.17. The van der Waals surface area contributed by atoms with Gasteiger partial charge < -0.3 is 14.4 Å². The molecule has 0 fully saturated rings. The summed E-state index contributed by atoms with van der Waals surface area (Å²) in [4.78, 5) is 26.0. The van der Waals surface area contributed by atoms with E-state index in [0.29, 0.717) is 26.1 Å². The maximum absolute atomic E-state index is 12.4. The molecular formula is C21H31NO4. The lowest BCUT2D eigenvalue weighted by molar-refractivity contribution is -0.143. The van der Waals surface area contributed by atoms with E-state index < -0.39 is 5.60 Å². The van der Waals surface area contributed by atoms with Crippen molar-refractivity contribution in [3.05, 3.63) is 34.9 Å². The lowest BCUT2D eigenvalue weighted by atomic mass is 9.84. The van der Waals surface area contributed by atoms with Crippen molar-refractivity contribution < 1.29 is 19.1 Å². The Bertz CT molecular complexity index is 648. The van der Waals surface area contributed by atoms with E-state index >= 15 is 0 Å². The molecule has 0 unspecified atom stereocenters. The zero-order valence-corrected chi connectivity index (χ0v) is 16.6. The molecule has 1 aromatic carbocycles. The molecule has 1 amide bonds. The molecule has 0 saturated carbocycles. The molecule has 1 heterocycles. The molecule has 1 atom stereocenters. The summed E-state index contributed by atoms with van der Waals surface area (Å²) in [7, 11) is 0. The number of fused-ring (bicyclic) bond motifs is 1. The maximum atomic E-state index is 12.4. The van der Waals surface area contributed by atoms with Gasteiger partial charge in [0.1, 0.15) is 5.60 Å². The molecule has 2 rings (SSSR count). The van der Waals surface area contributed by atoms with Gasteiger partial charge in [-0.05, 0) is 63.1 Å². The summed E-state index contributed by atoms with van der Waals surface area (Å²) >= 11 is 0.